The minimum absolute atomic E-state index is 0.00372. The van der Waals surface area contributed by atoms with Gasteiger partial charge in [0.2, 0.25) is 0 Å². The van der Waals surface area contributed by atoms with Crippen LogP contribution in [0, 0.1) is 5.92 Å². The van der Waals surface area contributed by atoms with Crippen LogP contribution in [0.4, 0.5) is 16.2 Å². The predicted molar refractivity (Wildman–Crippen MR) is 76.4 cm³/mol. The van der Waals surface area contributed by atoms with Gasteiger partial charge >= 0.3 is 6.03 Å². The summed E-state index contributed by atoms with van der Waals surface area (Å²) >= 11 is 0. The van der Waals surface area contributed by atoms with Gasteiger partial charge in [0.05, 0.1) is 18.0 Å². The molecule has 0 saturated carbocycles. The molecule has 0 spiro atoms. The van der Waals surface area contributed by atoms with E-state index in [1.807, 2.05) is 24.3 Å². The quantitative estimate of drug-likeness (QED) is 0.757. The number of nitrogens with zero attached hydrogens (tertiary/aromatic N) is 1. The van der Waals surface area contributed by atoms with E-state index in [-0.39, 0.29) is 6.03 Å². The number of benzene rings is 1. The van der Waals surface area contributed by atoms with Gasteiger partial charge in [0.15, 0.2) is 0 Å². The van der Waals surface area contributed by atoms with Gasteiger partial charge in [0.1, 0.15) is 0 Å². The van der Waals surface area contributed by atoms with Crippen LogP contribution in [-0.4, -0.2) is 32.3 Å². The zero-order chi connectivity index (χ0) is 13.1. The van der Waals surface area contributed by atoms with Crippen LogP contribution in [0.3, 0.4) is 0 Å². The first-order chi connectivity index (χ1) is 9.34. The van der Waals surface area contributed by atoms with E-state index in [4.69, 9.17) is 0 Å². The third-order valence-corrected chi connectivity index (χ3v) is 3.87. The molecule has 0 atom stereocenters. The van der Waals surface area contributed by atoms with Crippen molar-refractivity contribution in [2.45, 2.75) is 12.8 Å². The fourth-order valence-electron chi connectivity index (χ4n) is 2.70. The summed E-state index contributed by atoms with van der Waals surface area (Å²) in [7, 11) is 0. The Bertz CT molecular complexity index is 457. The number of hydrogen-bond acceptors (Lipinski definition) is 3. The van der Waals surface area contributed by atoms with Crippen molar-refractivity contribution in [3.63, 3.8) is 0 Å². The number of carbonyl (C=O) groups excluding carboxylic acids is 1. The molecule has 0 bridgehead atoms. The molecule has 2 aliphatic rings. The molecule has 0 unspecified atom stereocenters. The molecular weight excluding hydrogens is 240 g/mol. The first-order valence-electron chi connectivity index (χ1n) is 6.93. The summed E-state index contributed by atoms with van der Waals surface area (Å²) in [5.41, 5.74) is 1.99. The van der Waals surface area contributed by atoms with E-state index in [2.05, 4.69) is 16.0 Å². The average Bonchev–Trinajstić information content (AvgIpc) is 2.90. The molecule has 5 heteroatoms. The lowest BCUT2D eigenvalue weighted by molar-refractivity contribution is 0.243. The van der Waals surface area contributed by atoms with Crippen LogP contribution in [0.5, 0.6) is 0 Å². The van der Waals surface area contributed by atoms with Crippen molar-refractivity contribution in [3.8, 4) is 0 Å². The number of piperidine rings is 1. The zero-order valence-electron chi connectivity index (χ0n) is 11.0. The summed E-state index contributed by atoms with van der Waals surface area (Å²) in [5.74, 6) is 0.607. The van der Waals surface area contributed by atoms with Crippen LogP contribution < -0.4 is 20.9 Å². The van der Waals surface area contributed by atoms with Gasteiger partial charge in [-0.3, -0.25) is 4.90 Å². The molecule has 102 valence electrons. The first kappa shape index (κ1) is 12.3. The third kappa shape index (κ3) is 2.66. The van der Waals surface area contributed by atoms with Gasteiger partial charge in [-0.25, -0.2) is 4.79 Å². The van der Waals surface area contributed by atoms with Crippen molar-refractivity contribution in [2.75, 3.05) is 36.5 Å². The lowest BCUT2D eigenvalue weighted by atomic mass is 9.98. The fraction of sp³-hybridized carbons (Fsp3) is 0.500. The number of para-hydroxylation sites is 2. The highest BCUT2D eigenvalue weighted by Gasteiger charge is 2.24. The van der Waals surface area contributed by atoms with Crippen LogP contribution in [0.25, 0.3) is 0 Å². The minimum atomic E-state index is -0.00372. The van der Waals surface area contributed by atoms with Gasteiger partial charge in [0.25, 0.3) is 0 Å². The summed E-state index contributed by atoms with van der Waals surface area (Å²) in [4.78, 5) is 14.0. The number of rotatable bonds is 2. The summed E-state index contributed by atoms with van der Waals surface area (Å²) in [6.07, 6.45) is 2.30. The molecule has 1 fully saturated rings. The van der Waals surface area contributed by atoms with Gasteiger partial charge < -0.3 is 16.0 Å². The molecule has 0 aliphatic carbocycles. The van der Waals surface area contributed by atoms with E-state index in [1.54, 1.807) is 4.90 Å². The van der Waals surface area contributed by atoms with Crippen LogP contribution in [-0.2, 0) is 0 Å². The number of urea groups is 1. The molecule has 2 amide bonds. The molecule has 1 aromatic rings. The first-order valence-corrected chi connectivity index (χ1v) is 6.93. The second-order valence-electron chi connectivity index (χ2n) is 5.16. The lowest BCUT2D eigenvalue weighted by Crippen LogP contribution is -2.43. The largest absolute Gasteiger partial charge is 0.366 e. The highest BCUT2D eigenvalue weighted by molar-refractivity contribution is 5.98. The Balaban J connectivity index is 1.56. The Labute approximate surface area is 113 Å². The standard InChI is InChI=1S/C14H20N4O/c19-14(16-9-11-5-7-15-8-6-11)18-10-17-12-3-1-2-4-13(12)18/h1-4,11,15,17H,5-10H2,(H,16,19). The van der Waals surface area contributed by atoms with Crippen molar-refractivity contribution in [1.82, 2.24) is 10.6 Å². The molecule has 5 nitrogen and oxygen atoms in total. The van der Waals surface area contributed by atoms with Crippen molar-refractivity contribution in [3.05, 3.63) is 24.3 Å². The number of hydrogen-bond donors (Lipinski definition) is 3. The molecule has 3 rings (SSSR count). The maximum absolute atomic E-state index is 12.2. The SMILES string of the molecule is O=C(NCC1CCNCC1)N1CNc2ccccc21. The Morgan fingerprint density at radius 2 is 2.11 bits per heavy atom. The Hall–Kier alpha value is -1.75. The maximum Gasteiger partial charge on any atom is 0.323 e. The van der Waals surface area contributed by atoms with E-state index >= 15 is 0 Å². The molecule has 0 aromatic heterocycles. The molecule has 1 saturated heterocycles. The molecule has 2 heterocycles. The number of anilines is 2. The molecule has 0 radical (unpaired) electrons. The lowest BCUT2D eigenvalue weighted by Gasteiger charge is -2.24. The van der Waals surface area contributed by atoms with Crippen molar-refractivity contribution < 1.29 is 4.79 Å². The Morgan fingerprint density at radius 1 is 1.32 bits per heavy atom. The zero-order valence-corrected chi connectivity index (χ0v) is 11.0. The third-order valence-electron chi connectivity index (χ3n) is 3.87. The summed E-state index contributed by atoms with van der Waals surface area (Å²) in [5, 5.41) is 9.62. The molecule has 19 heavy (non-hydrogen) atoms. The number of fused-ring (bicyclic) bond motifs is 1. The number of nitrogens with one attached hydrogen (secondary N) is 3. The molecular formula is C14H20N4O. The molecule has 2 aliphatic heterocycles. The Kier molecular flexibility index (Phi) is 3.55. The second-order valence-corrected chi connectivity index (χ2v) is 5.16. The summed E-state index contributed by atoms with van der Waals surface area (Å²) < 4.78 is 0. The second kappa shape index (κ2) is 5.48. The molecule has 1 aromatic carbocycles. The average molecular weight is 260 g/mol. The number of carbonyl (C=O) groups is 1. The smallest absolute Gasteiger partial charge is 0.323 e. The van der Waals surface area contributed by atoms with Crippen LogP contribution >= 0.6 is 0 Å². The summed E-state index contributed by atoms with van der Waals surface area (Å²) in [6, 6.07) is 7.90. The van der Waals surface area contributed by atoms with E-state index < -0.39 is 0 Å². The van der Waals surface area contributed by atoms with E-state index in [1.165, 1.54) is 0 Å². The van der Waals surface area contributed by atoms with Gasteiger partial charge in [-0.2, -0.15) is 0 Å². The van der Waals surface area contributed by atoms with Crippen molar-refractivity contribution >= 4 is 17.4 Å². The molecule has 3 N–H and O–H groups in total. The van der Waals surface area contributed by atoms with E-state index in [0.717, 1.165) is 43.9 Å². The van der Waals surface area contributed by atoms with E-state index in [9.17, 15) is 4.79 Å². The van der Waals surface area contributed by atoms with Gasteiger partial charge in [-0.05, 0) is 44.0 Å². The fourth-order valence-corrected chi connectivity index (χ4v) is 2.70. The van der Waals surface area contributed by atoms with Crippen molar-refractivity contribution in [1.29, 1.82) is 0 Å². The summed E-state index contributed by atoms with van der Waals surface area (Å²) in [6.45, 7) is 3.46. The van der Waals surface area contributed by atoms with Gasteiger partial charge in [-0.1, -0.05) is 12.1 Å². The van der Waals surface area contributed by atoms with Gasteiger partial charge in [0, 0.05) is 6.54 Å². The van der Waals surface area contributed by atoms with Crippen molar-refractivity contribution in [2.24, 2.45) is 5.92 Å². The normalized spacial score (nSPS) is 18.8. The van der Waals surface area contributed by atoms with Crippen LogP contribution in [0.2, 0.25) is 0 Å². The van der Waals surface area contributed by atoms with Gasteiger partial charge in [-0.15, -0.1) is 0 Å². The topological polar surface area (TPSA) is 56.4 Å². The highest BCUT2D eigenvalue weighted by atomic mass is 16.2. The minimum Gasteiger partial charge on any atom is -0.366 e. The van der Waals surface area contributed by atoms with E-state index in [0.29, 0.717) is 12.6 Å². The van der Waals surface area contributed by atoms with Crippen LogP contribution in [0.1, 0.15) is 12.8 Å². The Morgan fingerprint density at radius 3 is 2.95 bits per heavy atom. The van der Waals surface area contributed by atoms with Crippen LogP contribution in [0.15, 0.2) is 24.3 Å². The monoisotopic (exact) mass is 260 g/mol. The highest BCUT2D eigenvalue weighted by Crippen LogP contribution is 2.30. The maximum atomic E-state index is 12.2. The predicted octanol–water partition coefficient (Wildman–Crippen LogP) is 1.59. The number of amides is 2.